The van der Waals surface area contributed by atoms with Crippen LogP contribution in [0.2, 0.25) is 0 Å². The number of piperazine rings is 1. The average molecular weight is 507 g/mol. The number of carbonyl (C=O) groups is 2. The predicted octanol–water partition coefficient (Wildman–Crippen LogP) is 3.27. The van der Waals surface area contributed by atoms with Gasteiger partial charge >= 0.3 is 0 Å². The van der Waals surface area contributed by atoms with E-state index in [1.807, 2.05) is 23.6 Å². The van der Waals surface area contributed by atoms with Gasteiger partial charge in [-0.05, 0) is 64.2 Å². The Morgan fingerprint density at radius 2 is 1.92 bits per heavy atom. The number of rotatable bonds is 6. The van der Waals surface area contributed by atoms with Gasteiger partial charge in [0.1, 0.15) is 22.9 Å². The second-order valence-corrected chi connectivity index (χ2v) is 11.2. The summed E-state index contributed by atoms with van der Waals surface area (Å²) in [4.78, 5) is 40.3. The van der Waals surface area contributed by atoms with Crippen molar-refractivity contribution in [1.82, 2.24) is 19.8 Å². The van der Waals surface area contributed by atoms with Crippen LogP contribution in [0.3, 0.4) is 0 Å². The third kappa shape index (κ3) is 5.22. The number of hydrogen-bond donors (Lipinski definition) is 1. The third-order valence-electron chi connectivity index (χ3n) is 7.63. The zero-order chi connectivity index (χ0) is 26.3. The van der Waals surface area contributed by atoms with Crippen LogP contribution in [-0.4, -0.2) is 75.9 Å². The summed E-state index contributed by atoms with van der Waals surface area (Å²) in [5.41, 5.74) is 3.77. The zero-order valence-electron chi connectivity index (χ0n) is 22.6. The van der Waals surface area contributed by atoms with Crippen molar-refractivity contribution < 1.29 is 14.3 Å². The highest BCUT2D eigenvalue weighted by Crippen LogP contribution is 2.34. The Morgan fingerprint density at radius 3 is 2.62 bits per heavy atom. The lowest BCUT2D eigenvalue weighted by atomic mass is 9.93. The van der Waals surface area contributed by atoms with Crippen LogP contribution in [-0.2, 0) is 24.2 Å². The highest BCUT2D eigenvalue weighted by atomic mass is 16.5. The van der Waals surface area contributed by atoms with Gasteiger partial charge in [-0.3, -0.25) is 9.59 Å². The second kappa shape index (κ2) is 9.84. The van der Waals surface area contributed by atoms with Crippen molar-refractivity contribution in [3.63, 3.8) is 0 Å². The van der Waals surface area contributed by atoms with Crippen LogP contribution in [0.15, 0.2) is 18.2 Å². The van der Waals surface area contributed by atoms with Crippen LogP contribution in [0.5, 0.6) is 5.75 Å². The van der Waals surface area contributed by atoms with Gasteiger partial charge in [-0.15, -0.1) is 0 Å². The molecule has 1 N–H and O–H groups in total. The molecule has 3 aliphatic heterocycles. The van der Waals surface area contributed by atoms with E-state index in [2.05, 4.69) is 42.3 Å². The van der Waals surface area contributed by atoms with Crippen LogP contribution in [0.25, 0.3) is 0 Å². The van der Waals surface area contributed by atoms with Gasteiger partial charge in [0, 0.05) is 51.3 Å². The van der Waals surface area contributed by atoms with Crippen molar-refractivity contribution in [3.8, 4) is 5.75 Å². The van der Waals surface area contributed by atoms with Crippen molar-refractivity contribution >= 4 is 23.6 Å². The molecule has 9 nitrogen and oxygen atoms in total. The summed E-state index contributed by atoms with van der Waals surface area (Å²) in [5.74, 6) is 2.31. The molecule has 0 aliphatic carbocycles. The lowest BCUT2D eigenvalue weighted by molar-refractivity contribution is -0.129. The summed E-state index contributed by atoms with van der Waals surface area (Å²) in [6.07, 6.45) is 2.87. The molecule has 1 aromatic carbocycles. The maximum absolute atomic E-state index is 13.2. The molecule has 5 rings (SSSR count). The maximum Gasteiger partial charge on any atom is 0.273 e. The number of fused-ring (bicyclic) bond motifs is 2. The topological polar surface area (TPSA) is 90.9 Å². The fraction of sp³-hybridized carbons (Fsp3) is 0.571. The Labute approximate surface area is 219 Å². The second-order valence-electron chi connectivity index (χ2n) is 11.2. The smallest absolute Gasteiger partial charge is 0.273 e. The molecule has 37 heavy (non-hydrogen) atoms. The van der Waals surface area contributed by atoms with Gasteiger partial charge in [-0.1, -0.05) is 12.1 Å². The standard InChI is InChI=1S/C28H38N6O3/c1-18(2)34-17-22-24(26(34)36)30-27(33-14-12-32(13-15-33)19(3)35)31-25(22)29-11-9-20-6-7-23-21(16-20)8-10-28(4,5)37-23/h6-7,16,18H,8-15,17H2,1-5H3,(H,29,30,31). The van der Waals surface area contributed by atoms with Gasteiger partial charge in [0.25, 0.3) is 5.91 Å². The van der Waals surface area contributed by atoms with Crippen molar-refractivity contribution in [2.24, 2.45) is 0 Å². The molecule has 198 valence electrons. The Morgan fingerprint density at radius 1 is 1.16 bits per heavy atom. The van der Waals surface area contributed by atoms with E-state index in [0.29, 0.717) is 50.9 Å². The van der Waals surface area contributed by atoms with Gasteiger partial charge in [0.2, 0.25) is 11.9 Å². The molecule has 4 heterocycles. The molecule has 0 bridgehead atoms. The number of aromatic nitrogens is 2. The largest absolute Gasteiger partial charge is 0.488 e. The first-order valence-electron chi connectivity index (χ1n) is 13.4. The molecule has 2 amide bonds. The number of ether oxygens (including phenoxy) is 1. The van der Waals surface area contributed by atoms with Crippen molar-refractivity contribution in [1.29, 1.82) is 0 Å². The number of hydrogen-bond acceptors (Lipinski definition) is 7. The molecule has 0 atom stereocenters. The molecular weight excluding hydrogens is 468 g/mol. The first kappa shape index (κ1) is 25.3. The number of benzene rings is 1. The molecule has 0 spiro atoms. The number of nitrogens with one attached hydrogen (secondary N) is 1. The van der Waals surface area contributed by atoms with Crippen LogP contribution in [0, 0.1) is 0 Å². The molecule has 2 aromatic rings. The number of anilines is 2. The summed E-state index contributed by atoms with van der Waals surface area (Å²) in [6, 6.07) is 6.56. The summed E-state index contributed by atoms with van der Waals surface area (Å²) in [7, 11) is 0. The first-order chi connectivity index (χ1) is 17.6. The van der Waals surface area contributed by atoms with Gasteiger partial charge < -0.3 is 24.8 Å². The highest BCUT2D eigenvalue weighted by molar-refractivity contribution is 5.98. The van der Waals surface area contributed by atoms with Crippen molar-refractivity contribution in [3.05, 3.63) is 40.6 Å². The number of amides is 2. The molecule has 1 fully saturated rings. The Bertz CT molecular complexity index is 1200. The van der Waals surface area contributed by atoms with E-state index in [-0.39, 0.29) is 23.5 Å². The summed E-state index contributed by atoms with van der Waals surface area (Å²) in [6.45, 7) is 13.7. The van der Waals surface area contributed by atoms with E-state index >= 15 is 0 Å². The van der Waals surface area contributed by atoms with Gasteiger partial charge in [0.15, 0.2) is 0 Å². The van der Waals surface area contributed by atoms with E-state index in [1.54, 1.807) is 6.92 Å². The fourth-order valence-corrected chi connectivity index (χ4v) is 5.30. The molecule has 1 saturated heterocycles. The molecular formula is C28H38N6O3. The summed E-state index contributed by atoms with van der Waals surface area (Å²) in [5, 5.41) is 3.52. The van der Waals surface area contributed by atoms with Gasteiger partial charge in [0.05, 0.1) is 6.54 Å². The van der Waals surface area contributed by atoms with Crippen LogP contribution >= 0.6 is 0 Å². The van der Waals surface area contributed by atoms with E-state index in [0.717, 1.165) is 36.4 Å². The van der Waals surface area contributed by atoms with E-state index in [9.17, 15) is 9.59 Å². The average Bonchev–Trinajstić information content (AvgIpc) is 3.20. The Kier molecular flexibility index (Phi) is 6.72. The quantitative estimate of drug-likeness (QED) is 0.643. The minimum atomic E-state index is -0.110. The Hall–Kier alpha value is -3.36. The van der Waals surface area contributed by atoms with Crippen LogP contribution in [0.4, 0.5) is 11.8 Å². The summed E-state index contributed by atoms with van der Waals surface area (Å²) < 4.78 is 6.13. The van der Waals surface area contributed by atoms with Gasteiger partial charge in [-0.2, -0.15) is 4.98 Å². The lowest BCUT2D eigenvalue weighted by Crippen LogP contribution is -2.48. The maximum atomic E-state index is 13.2. The number of carbonyl (C=O) groups excluding carboxylic acids is 2. The van der Waals surface area contributed by atoms with Crippen molar-refractivity contribution in [2.45, 2.75) is 72.1 Å². The van der Waals surface area contributed by atoms with Gasteiger partial charge in [-0.25, -0.2) is 4.98 Å². The predicted molar refractivity (Wildman–Crippen MR) is 143 cm³/mol. The molecule has 0 unspecified atom stereocenters. The normalized spacial score (nSPS) is 18.5. The SMILES string of the molecule is CC(=O)N1CCN(c2nc(NCCc3ccc4c(c3)CCC(C)(C)O4)c3c(n2)C(=O)N(C(C)C)C3)CC1. The van der Waals surface area contributed by atoms with Crippen LogP contribution < -0.4 is 15.0 Å². The van der Waals surface area contributed by atoms with E-state index < -0.39 is 0 Å². The molecule has 9 heteroatoms. The summed E-state index contributed by atoms with van der Waals surface area (Å²) >= 11 is 0. The minimum Gasteiger partial charge on any atom is -0.488 e. The minimum absolute atomic E-state index is 0.0447. The lowest BCUT2D eigenvalue weighted by Gasteiger charge is -2.34. The first-order valence-corrected chi connectivity index (χ1v) is 13.4. The molecule has 3 aliphatic rings. The Balaban J connectivity index is 1.33. The number of nitrogens with zero attached hydrogens (tertiary/aromatic N) is 5. The zero-order valence-corrected chi connectivity index (χ0v) is 22.6. The molecule has 0 saturated carbocycles. The van der Waals surface area contributed by atoms with Crippen molar-refractivity contribution in [2.75, 3.05) is 42.9 Å². The third-order valence-corrected chi connectivity index (χ3v) is 7.63. The number of aryl methyl sites for hydroxylation is 1. The van der Waals surface area contributed by atoms with E-state index in [1.165, 1.54) is 11.1 Å². The highest BCUT2D eigenvalue weighted by Gasteiger charge is 2.35. The monoisotopic (exact) mass is 506 g/mol. The molecule has 1 aromatic heterocycles. The van der Waals surface area contributed by atoms with E-state index in [4.69, 9.17) is 14.7 Å². The van der Waals surface area contributed by atoms with Crippen LogP contribution in [0.1, 0.15) is 68.2 Å². The fourth-order valence-electron chi connectivity index (χ4n) is 5.30. The molecule has 0 radical (unpaired) electrons.